The molecule has 2 heterocycles. The third-order valence-corrected chi connectivity index (χ3v) is 3.74. The molecule has 3 nitrogen and oxygen atoms in total. The summed E-state index contributed by atoms with van der Waals surface area (Å²) in [7, 11) is 0. The Bertz CT molecular complexity index is 721. The Morgan fingerprint density at radius 1 is 1.20 bits per heavy atom. The number of aliphatic hydroxyl groups excluding tert-OH is 1. The summed E-state index contributed by atoms with van der Waals surface area (Å²) in [5.74, 6) is 0. The van der Waals surface area contributed by atoms with Crippen molar-refractivity contribution in [3.8, 4) is 0 Å². The molecule has 0 saturated heterocycles. The van der Waals surface area contributed by atoms with E-state index in [9.17, 15) is 5.11 Å². The van der Waals surface area contributed by atoms with Gasteiger partial charge in [0.1, 0.15) is 11.8 Å². The van der Waals surface area contributed by atoms with Crippen molar-refractivity contribution >= 4 is 28.8 Å². The van der Waals surface area contributed by atoms with E-state index in [-0.39, 0.29) is 0 Å². The van der Waals surface area contributed by atoms with Crippen LogP contribution < -0.4 is 0 Å². The smallest absolute Gasteiger partial charge is 0.137 e. The van der Waals surface area contributed by atoms with Crippen LogP contribution in [0.4, 0.5) is 0 Å². The monoisotopic (exact) mass is 306 g/mol. The molecule has 3 aromatic rings. The number of hydrogen-bond donors (Lipinski definition) is 1. The number of benzene rings is 1. The second kappa shape index (κ2) is 5.44. The minimum Gasteiger partial charge on any atom is -0.386 e. The topological polar surface area (TPSA) is 37.5 Å². The second-order valence-corrected chi connectivity index (χ2v) is 5.43. The molecule has 0 aliphatic carbocycles. The van der Waals surface area contributed by atoms with Crippen molar-refractivity contribution in [1.29, 1.82) is 0 Å². The van der Waals surface area contributed by atoms with Crippen LogP contribution >= 0.6 is 23.2 Å². The van der Waals surface area contributed by atoms with Gasteiger partial charge in [-0.15, -0.1) is 0 Å². The summed E-state index contributed by atoms with van der Waals surface area (Å²) in [5, 5.41) is 11.4. The number of rotatable bonds is 3. The molecular formula is C15H12Cl2N2O. The number of nitrogens with zero attached hydrogens (tertiary/aromatic N) is 2. The van der Waals surface area contributed by atoms with Crippen molar-refractivity contribution in [2.45, 2.75) is 12.5 Å². The first-order valence-corrected chi connectivity index (χ1v) is 6.95. The summed E-state index contributed by atoms with van der Waals surface area (Å²) in [5.41, 5.74) is 2.28. The maximum Gasteiger partial charge on any atom is 0.137 e. The number of fused-ring (bicyclic) bond motifs is 1. The number of pyridine rings is 1. The Morgan fingerprint density at radius 3 is 2.80 bits per heavy atom. The van der Waals surface area contributed by atoms with Crippen LogP contribution in [0, 0.1) is 0 Å². The lowest BCUT2D eigenvalue weighted by molar-refractivity contribution is 0.174. The number of hydrogen-bond acceptors (Lipinski definition) is 2. The lowest BCUT2D eigenvalue weighted by atomic mass is 10.1. The fourth-order valence-corrected chi connectivity index (χ4v) is 2.60. The summed E-state index contributed by atoms with van der Waals surface area (Å²) in [6, 6.07) is 11.0. The van der Waals surface area contributed by atoms with Crippen molar-refractivity contribution < 1.29 is 5.11 Å². The van der Waals surface area contributed by atoms with Gasteiger partial charge in [-0.1, -0.05) is 35.3 Å². The standard InChI is InChI=1S/C15H12Cl2N2O/c16-11-5-4-10(12(17)8-11)7-14(20)13-9-19-6-2-1-3-15(19)18-13/h1-6,8-9,14,20H,7H2. The van der Waals surface area contributed by atoms with E-state index in [1.54, 1.807) is 12.1 Å². The molecule has 1 aromatic carbocycles. The van der Waals surface area contributed by atoms with Gasteiger partial charge in [0.05, 0.1) is 5.69 Å². The van der Waals surface area contributed by atoms with Crippen LogP contribution in [-0.4, -0.2) is 14.5 Å². The average Bonchev–Trinajstić information content (AvgIpc) is 2.86. The number of aliphatic hydroxyl groups is 1. The Hall–Kier alpha value is -1.55. The van der Waals surface area contributed by atoms with E-state index in [2.05, 4.69) is 4.98 Å². The molecule has 0 spiro atoms. The van der Waals surface area contributed by atoms with Crippen molar-refractivity contribution in [2.24, 2.45) is 0 Å². The highest BCUT2D eigenvalue weighted by Gasteiger charge is 2.14. The Kier molecular flexibility index (Phi) is 3.66. The highest BCUT2D eigenvalue weighted by atomic mass is 35.5. The average molecular weight is 307 g/mol. The largest absolute Gasteiger partial charge is 0.386 e. The summed E-state index contributed by atoms with van der Waals surface area (Å²) in [4.78, 5) is 4.40. The SMILES string of the molecule is OC(Cc1ccc(Cl)cc1Cl)c1cn2ccccc2n1. The molecule has 102 valence electrons. The minimum absolute atomic E-state index is 0.403. The molecule has 20 heavy (non-hydrogen) atoms. The highest BCUT2D eigenvalue weighted by molar-refractivity contribution is 6.35. The molecular weight excluding hydrogens is 295 g/mol. The van der Waals surface area contributed by atoms with Crippen LogP contribution in [0.5, 0.6) is 0 Å². The van der Waals surface area contributed by atoms with Crippen molar-refractivity contribution in [3.63, 3.8) is 0 Å². The zero-order chi connectivity index (χ0) is 14.1. The van der Waals surface area contributed by atoms with Gasteiger partial charge < -0.3 is 9.51 Å². The summed E-state index contributed by atoms with van der Waals surface area (Å²) < 4.78 is 1.88. The molecule has 0 amide bonds. The van der Waals surface area contributed by atoms with Gasteiger partial charge in [0.15, 0.2) is 0 Å². The van der Waals surface area contributed by atoms with Gasteiger partial charge in [0, 0.05) is 28.9 Å². The van der Waals surface area contributed by atoms with E-state index in [0.717, 1.165) is 11.2 Å². The molecule has 1 N–H and O–H groups in total. The van der Waals surface area contributed by atoms with Gasteiger partial charge in [0.25, 0.3) is 0 Å². The molecule has 0 bridgehead atoms. The second-order valence-electron chi connectivity index (χ2n) is 4.59. The van der Waals surface area contributed by atoms with Crippen LogP contribution in [0.25, 0.3) is 5.65 Å². The number of aromatic nitrogens is 2. The van der Waals surface area contributed by atoms with Crippen molar-refractivity contribution in [3.05, 3.63) is 70.1 Å². The first kappa shape index (κ1) is 13.4. The lowest BCUT2D eigenvalue weighted by Gasteiger charge is -2.09. The number of halogens is 2. The molecule has 0 aliphatic heterocycles. The van der Waals surface area contributed by atoms with Crippen LogP contribution in [0.2, 0.25) is 10.0 Å². The maximum atomic E-state index is 10.3. The van der Waals surface area contributed by atoms with E-state index >= 15 is 0 Å². The molecule has 3 rings (SSSR count). The fourth-order valence-electron chi connectivity index (χ4n) is 2.11. The van der Waals surface area contributed by atoms with Crippen LogP contribution in [0.3, 0.4) is 0 Å². The maximum absolute atomic E-state index is 10.3. The molecule has 0 aliphatic rings. The highest BCUT2D eigenvalue weighted by Crippen LogP contribution is 2.26. The third-order valence-electron chi connectivity index (χ3n) is 3.15. The van der Waals surface area contributed by atoms with E-state index < -0.39 is 6.10 Å². The van der Waals surface area contributed by atoms with Crippen molar-refractivity contribution in [2.75, 3.05) is 0 Å². The lowest BCUT2D eigenvalue weighted by Crippen LogP contribution is -2.02. The number of imidazole rings is 1. The van der Waals surface area contributed by atoms with Gasteiger partial charge in [-0.2, -0.15) is 0 Å². The van der Waals surface area contributed by atoms with Crippen molar-refractivity contribution in [1.82, 2.24) is 9.38 Å². The molecule has 1 atom stereocenters. The molecule has 0 radical (unpaired) electrons. The van der Waals surface area contributed by atoms with E-state index in [1.165, 1.54) is 0 Å². The van der Waals surface area contributed by atoms with Gasteiger partial charge in [-0.3, -0.25) is 0 Å². The van der Waals surface area contributed by atoms with Gasteiger partial charge in [-0.25, -0.2) is 4.98 Å². The minimum atomic E-state index is -0.700. The normalized spacial score (nSPS) is 12.8. The van der Waals surface area contributed by atoms with E-state index in [0.29, 0.717) is 22.2 Å². The Morgan fingerprint density at radius 2 is 2.05 bits per heavy atom. The first-order chi connectivity index (χ1) is 9.63. The summed E-state index contributed by atoms with van der Waals surface area (Å²) in [6.07, 6.45) is 3.42. The summed E-state index contributed by atoms with van der Waals surface area (Å²) in [6.45, 7) is 0. The summed E-state index contributed by atoms with van der Waals surface area (Å²) >= 11 is 12.0. The molecule has 2 aromatic heterocycles. The molecule has 0 saturated carbocycles. The zero-order valence-corrected chi connectivity index (χ0v) is 12.0. The third kappa shape index (κ3) is 2.66. The van der Waals surface area contributed by atoms with E-state index in [1.807, 2.05) is 41.1 Å². The quantitative estimate of drug-likeness (QED) is 0.796. The Balaban J connectivity index is 1.86. The van der Waals surface area contributed by atoms with Gasteiger partial charge in [-0.05, 0) is 29.8 Å². The van der Waals surface area contributed by atoms with Gasteiger partial charge in [0.2, 0.25) is 0 Å². The predicted octanol–water partition coefficient (Wildman–Crippen LogP) is 3.92. The van der Waals surface area contributed by atoms with Gasteiger partial charge >= 0.3 is 0 Å². The van der Waals surface area contributed by atoms with E-state index in [4.69, 9.17) is 23.2 Å². The molecule has 0 fully saturated rings. The Labute approximate surface area is 126 Å². The van der Waals surface area contributed by atoms with Crippen LogP contribution in [0.15, 0.2) is 48.8 Å². The predicted molar refractivity (Wildman–Crippen MR) is 80.3 cm³/mol. The van der Waals surface area contributed by atoms with Crippen LogP contribution in [0.1, 0.15) is 17.4 Å². The first-order valence-electron chi connectivity index (χ1n) is 6.19. The zero-order valence-electron chi connectivity index (χ0n) is 10.5. The molecule has 5 heteroatoms. The molecule has 1 unspecified atom stereocenters. The fraction of sp³-hybridized carbons (Fsp3) is 0.133. The van der Waals surface area contributed by atoms with Crippen LogP contribution in [-0.2, 0) is 6.42 Å².